The summed E-state index contributed by atoms with van der Waals surface area (Å²) in [6.45, 7) is 7.01. The summed E-state index contributed by atoms with van der Waals surface area (Å²) in [7, 11) is 0. The van der Waals surface area contributed by atoms with Crippen LogP contribution in [0.5, 0.6) is 0 Å². The minimum absolute atomic E-state index is 0.0591. The predicted molar refractivity (Wildman–Crippen MR) is 84.9 cm³/mol. The molecule has 0 bridgehead atoms. The van der Waals surface area contributed by atoms with Gasteiger partial charge in [-0.1, -0.05) is 19.9 Å². The average Bonchev–Trinajstić information content (AvgIpc) is 3.08. The highest BCUT2D eigenvalue weighted by molar-refractivity contribution is 7.10. The van der Waals surface area contributed by atoms with Crippen molar-refractivity contribution in [2.75, 3.05) is 13.1 Å². The number of rotatable bonds is 5. The number of carbonyl (C=O) groups is 1. The van der Waals surface area contributed by atoms with E-state index in [9.17, 15) is 10.1 Å². The number of amides is 1. The van der Waals surface area contributed by atoms with Gasteiger partial charge in [-0.2, -0.15) is 5.26 Å². The quantitative estimate of drug-likeness (QED) is 0.910. The van der Waals surface area contributed by atoms with Gasteiger partial charge in [0.05, 0.1) is 12.6 Å². The summed E-state index contributed by atoms with van der Waals surface area (Å²) in [5.41, 5.74) is -0.796. The highest BCUT2D eigenvalue weighted by Gasteiger charge is 2.33. The zero-order valence-corrected chi connectivity index (χ0v) is 13.7. The second kappa shape index (κ2) is 6.59. The highest BCUT2D eigenvalue weighted by atomic mass is 32.1. The third-order valence-electron chi connectivity index (χ3n) is 4.37. The first-order valence-electron chi connectivity index (χ1n) is 7.46. The molecule has 0 unspecified atom stereocenters. The molecule has 4 nitrogen and oxygen atoms in total. The molecule has 1 aromatic heterocycles. The molecule has 1 aliphatic rings. The lowest BCUT2D eigenvalue weighted by Gasteiger charge is -2.29. The summed E-state index contributed by atoms with van der Waals surface area (Å²) in [6.07, 6.45) is 2.23. The Bertz CT molecular complexity index is 520. The lowest BCUT2D eigenvalue weighted by atomic mass is 9.90. The Morgan fingerprint density at radius 2 is 2.43 bits per heavy atom. The van der Waals surface area contributed by atoms with E-state index in [1.54, 1.807) is 18.3 Å². The molecule has 21 heavy (non-hydrogen) atoms. The van der Waals surface area contributed by atoms with E-state index in [0.717, 1.165) is 19.4 Å². The number of nitrogens with one attached hydrogen (secondary N) is 1. The molecule has 0 spiro atoms. The van der Waals surface area contributed by atoms with E-state index in [1.807, 2.05) is 13.8 Å². The summed E-state index contributed by atoms with van der Waals surface area (Å²) in [5, 5.41) is 14.3. The number of nitriles is 1. The third-order valence-corrected chi connectivity index (χ3v) is 5.34. The number of thiophene rings is 1. The van der Waals surface area contributed by atoms with Crippen molar-refractivity contribution in [3.8, 4) is 6.07 Å². The zero-order valence-electron chi connectivity index (χ0n) is 12.9. The fourth-order valence-corrected chi connectivity index (χ4v) is 3.53. The molecular formula is C16H23N3OS. The maximum atomic E-state index is 12.3. The fraction of sp³-hybridized carbons (Fsp3) is 0.625. The van der Waals surface area contributed by atoms with E-state index in [2.05, 4.69) is 33.8 Å². The molecule has 0 saturated carbocycles. The van der Waals surface area contributed by atoms with Gasteiger partial charge >= 0.3 is 0 Å². The maximum Gasteiger partial charge on any atom is 0.235 e. The van der Waals surface area contributed by atoms with E-state index >= 15 is 0 Å². The Labute approximate surface area is 130 Å². The molecule has 2 heterocycles. The molecule has 1 saturated heterocycles. The Morgan fingerprint density at radius 3 is 3.00 bits per heavy atom. The van der Waals surface area contributed by atoms with E-state index < -0.39 is 5.54 Å². The number of likely N-dealkylation sites (tertiary alicyclic amines) is 1. The molecule has 1 amide bonds. The van der Waals surface area contributed by atoms with Crippen molar-refractivity contribution >= 4 is 17.2 Å². The van der Waals surface area contributed by atoms with Gasteiger partial charge in [0.1, 0.15) is 5.54 Å². The highest BCUT2D eigenvalue weighted by Crippen LogP contribution is 2.34. The van der Waals surface area contributed by atoms with Gasteiger partial charge in [0, 0.05) is 10.9 Å². The van der Waals surface area contributed by atoms with Crippen LogP contribution in [0.2, 0.25) is 0 Å². The Morgan fingerprint density at radius 1 is 1.67 bits per heavy atom. The Balaban J connectivity index is 1.98. The molecular weight excluding hydrogens is 282 g/mol. The van der Waals surface area contributed by atoms with Crippen LogP contribution in [0.3, 0.4) is 0 Å². The SMILES string of the molecule is CC(C)[C@](C)(C#N)NC(=O)CN1CCC[C@@H]1c1cccs1. The van der Waals surface area contributed by atoms with Crippen molar-refractivity contribution in [1.82, 2.24) is 10.2 Å². The third kappa shape index (κ3) is 3.63. The van der Waals surface area contributed by atoms with Crippen LogP contribution in [-0.2, 0) is 4.79 Å². The summed E-state index contributed by atoms with van der Waals surface area (Å²) >= 11 is 1.75. The summed E-state index contributed by atoms with van der Waals surface area (Å²) in [4.78, 5) is 15.8. The molecule has 1 aliphatic heterocycles. The molecule has 1 aromatic rings. The lowest BCUT2D eigenvalue weighted by Crippen LogP contribution is -2.51. The van der Waals surface area contributed by atoms with Crippen molar-refractivity contribution in [2.24, 2.45) is 5.92 Å². The molecule has 0 radical (unpaired) electrons. The van der Waals surface area contributed by atoms with Crippen LogP contribution in [0.1, 0.15) is 44.5 Å². The summed E-state index contributed by atoms with van der Waals surface area (Å²) < 4.78 is 0. The molecule has 0 aliphatic carbocycles. The van der Waals surface area contributed by atoms with Crippen LogP contribution in [0, 0.1) is 17.2 Å². The van der Waals surface area contributed by atoms with Crippen LogP contribution in [0.4, 0.5) is 0 Å². The lowest BCUT2D eigenvalue weighted by molar-refractivity contribution is -0.124. The summed E-state index contributed by atoms with van der Waals surface area (Å²) in [6, 6.07) is 6.77. The smallest absolute Gasteiger partial charge is 0.235 e. The van der Waals surface area contributed by atoms with Gasteiger partial charge in [0.2, 0.25) is 5.91 Å². The molecule has 1 fully saturated rings. The molecule has 114 valence electrons. The predicted octanol–water partition coefficient (Wildman–Crippen LogP) is 2.94. The van der Waals surface area contributed by atoms with E-state index in [1.165, 1.54) is 4.88 Å². The van der Waals surface area contributed by atoms with Crippen molar-refractivity contribution in [1.29, 1.82) is 5.26 Å². The molecule has 2 rings (SSSR count). The normalized spacial score (nSPS) is 22.0. The van der Waals surface area contributed by atoms with Gasteiger partial charge in [-0.3, -0.25) is 9.69 Å². The molecule has 1 N–H and O–H groups in total. The summed E-state index contributed by atoms with van der Waals surface area (Å²) in [5.74, 6) is 0.0225. The Hall–Kier alpha value is -1.38. The second-order valence-electron chi connectivity index (χ2n) is 6.16. The first-order valence-corrected chi connectivity index (χ1v) is 8.34. The number of hydrogen-bond donors (Lipinski definition) is 1. The average molecular weight is 305 g/mol. The van der Waals surface area contributed by atoms with Crippen molar-refractivity contribution < 1.29 is 4.79 Å². The second-order valence-corrected chi connectivity index (χ2v) is 7.14. The number of hydrogen-bond acceptors (Lipinski definition) is 4. The number of carbonyl (C=O) groups excluding carboxylic acids is 1. The van der Waals surface area contributed by atoms with Crippen LogP contribution in [0.25, 0.3) is 0 Å². The Kier molecular flexibility index (Phi) is 5.02. The molecule has 0 aromatic carbocycles. The zero-order chi connectivity index (χ0) is 15.5. The minimum atomic E-state index is -0.796. The standard InChI is InChI=1S/C16H23N3OS/c1-12(2)16(3,11-17)18-15(20)10-19-8-4-6-13(19)14-7-5-9-21-14/h5,7,9,12-13H,4,6,8,10H2,1-3H3,(H,18,20)/t13-,16+/m1/s1. The van der Waals surface area contributed by atoms with Crippen LogP contribution < -0.4 is 5.32 Å². The maximum absolute atomic E-state index is 12.3. The largest absolute Gasteiger partial charge is 0.337 e. The first kappa shape index (κ1) is 16.0. The molecule has 2 atom stereocenters. The topological polar surface area (TPSA) is 56.1 Å². The van der Waals surface area contributed by atoms with Crippen LogP contribution in [0.15, 0.2) is 17.5 Å². The monoisotopic (exact) mass is 305 g/mol. The van der Waals surface area contributed by atoms with E-state index in [4.69, 9.17) is 0 Å². The van der Waals surface area contributed by atoms with Gasteiger partial charge in [-0.15, -0.1) is 11.3 Å². The van der Waals surface area contributed by atoms with Gasteiger partial charge in [-0.25, -0.2) is 0 Å². The van der Waals surface area contributed by atoms with Crippen LogP contribution in [-0.4, -0.2) is 29.4 Å². The number of nitrogens with zero attached hydrogens (tertiary/aromatic N) is 2. The van der Waals surface area contributed by atoms with Crippen molar-refractivity contribution in [3.63, 3.8) is 0 Å². The van der Waals surface area contributed by atoms with E-state index in [0.29, 0.717) is 12.6 Å². The molecule has 5 heteroatoms. The van der Waals surface area contributed by atoms with Gasteiger partial charge in [0.15, 0.2) is 0 Å². The van der Waals surface area contributed by atoms with Crippen molar-refractivity contribution in [2.45, 2.75) is 45.2 Å². The van der Waals surface area contributed by atoms with Gasteiger partial charge < -0.3 is 5.32 Å². The van der Waals surface area contributed by atoms with Gasteiger partial charge in [-0.05, 0) is 43.7 Å². The fourth-order valence-electron chi connectivity index (χ4n) is 2.63. The minimum Gasteiger partial charge on any atom is -0.337 e. The van der Waals surface area contributed by atoms with Gasteiger partial charge in [0.25, 0.3) is 0 Å². The first-order chi connectivity index (χ1) is 9.96. The van der Waals surface area contributed by atoms with E-state index in [-0.39, 0.29) is 11.8 Å². The van der Waals surface area contributed by atoms with Crippen molar-refractivity contribution in [3.05, 3.63) is 22.4 Å². The van der Waals surface area contributed by atoms with Crippen LogP contribution >= 0.6 is 11.3 Å².